The van der Waals surface area contributed by atoms with Crippen molar-refractivity contribution in [3.8, 4) is 0 Å². The van der Waals surface area contributed by atoms with Gasteiger partial charge in [-0.15, -0.1) is 0 Å². The van der Waals surface area contributed by atoms with Crippen LogP contribution in [-0.2, 0) is 9.53 Å². The highest BCUT2D eigenvalue weighted by Crippen LogP contribution is 2.06. The summed E-state index contributed by atoms with van der Waals surface area (Å²) in [5.74, 6) is -0.607. The summed E-state index contributed by atoms with van der Waals surface area (Å²) >= 11 is 0. The van der Waals surface area contributed by atoms with E-state index in [1.165, 1.54) is 0 Å². The van der Waals surface area contributed by atoms with Gasteiger partial charge in [-0.25, -0.2) is 0 Å². The Morgan fingerprint density at radius 2 is 2.00 bits per heavy atom. The van der Waals surface area contributed by atoms with E-state index < -0.39 is 12.0 Å². The fraction of sp³-hybridized carbons (Fsp3) is 0.429. The third-order valence-electron chi connectivity index (χ3n) is 2.56. The lowest BCUT2D eigenvalue weighted by Crippen LogP contribution is -2.41. The summed E-state index contributed by atoms with van der Waals surface area (Å²) in [5.41, 5.74) is 0.558. The summed E-state index contributed by atoms with van der Waals surface area (Å²) in [6.45, 7) is 2.11. The Kier molecular flexibility index (Phi) is 6.78. The van der Waals surface area contributed by atoms with Crippen LogP contribution in [0.2, 0.25) is 0 Å². The van der Waals surface area contributed by atoms with Crippen LogP contribution in [0.25, 0.3) is 0 Å². The number of benzene rings is 1. The van der Waals surface area contributed by atoms with Crippen molar-refractivity contribution in [2.75, 3.05) is 19.8 Å². The Morgan fingerprint density at radius 3 is 2.58 bits per heavy atom. The number of hydrogen-bond donors (Lipinski definition) is 2. The van der Waals surface area contributed by atoms with Gasteiger partial charge in [0.1, 0.15) is 6.04 Å². The molecule has 0 aromatic heterocycles. The lowest BCUT2D eigenvalue weighted by molar-refractivity contribution is -0.145. The van der Waals surface area contributed by atoms with E-state index in [0.29, 0.717) is 5.56 Å². The molecule has 0 aliphatic rings. The van der Waals surface area contributed by atoms with Crippen molar-refractivity contribution in [1.82, 2.24) is 5.32 Å². The SMILES string of the molecule is CCOC(=O)C(CC(=O)c1ccccc1)NCCO. The number of hydrogen-bond acceptors (Lipinski definition) is 5. The van der Waals surface area contributed by atoms with Gasteiger partial charge in [0.2, 0.25) is 0 Å². The Balaban J connectivity index is 2.66. The zero-order valence-electron chi connectivity index (χ0n) is 11.0. The molecule has 0 amide bonds. The number of rotatable bonds is 8. The van der Waals surface area contributed by atoms with Crippen molar-refractivity contribution < 1.29 is 19.4 Å². The molecule has 0 heterocycles. The molecule has 0 saturated carbocycles. The average Bonchev–Trinajstić information content (AvgIpc) is 2.44. The first-order chi connectivity index (χ1) is 9.19. The number of carbonyl (C=O) groups excluding carboxylic acids is 2. The second-order valence-electron chi connectivity index (χ2n) is 3.98. The molecule has 0 fully saturated rings. The van der Waals surface area contributed by atoms with E-state index in [0.717, 1.165) is 0 Å². The Labute approximate surface area is 112 Å². The molecular formula is C14H19NO4. The molecule has 19 heavy (non-hydrogen) atoms. The van der Waals surface area contributed by atoms with Crippen molar-refractivity contribution in [3.05, 3.63) is 35.9 Å². The first-order valence-corrected chi connectivity index (χ1v) is 6.28. The van der Waals surface area contributed by atoms with Gasteiger partial charge in [0, 0.05) is 18.5 Å². The topological polar surface area (TPSA) is 75.6 Å². The van der Waals surface area contributed by atoms with Gasteiger partial charge in [0.25, 0.3) is 0 Å². The maximum atomic E-state index is 12.0. The highest BCUT2D eigenvalue weighted by molar-refractivity contribution is 5.98. The fourth-order valence-electron chi connectivity index (χ4n) is 1.65. The number of Topliss-reactive ketones (excluding diaryl/α,β-unsaturated/α-hetero) is 1. The monoisotopic (exact) mass is 265 g/mol. The van der Waals surface area contributed by atoms with Crippen LogP contribution < -0.4 is 5.32 Å². The van der Waals surface area contributed by atoms with Gasteiger partial charge in [0.15, 0.2) is 5.78 Å². The number of carbonyl (C=O) groups is 2. The first-order valence-electron chi connectivity index (χ1n) is 6.28. The zero-order valence-corrected chi connectivity index (χ0v) is 11.0. The van der Waals surface area contributed by atoms with Crippen LogP contribution in [-0.4, -0.2) is 42.7 Å². The van der Waals surface area contributed by atoms with Crippen LogP contribution in [0.4, 0.5) is 0 Å². The zero-order chi connectivity index (χ0) is 14.1. The molecule has 5 nitrogen and oxygen atoms in total. The predicted molar refractivity (Wildman–Crippen MR) is 70.9 cm³/mol. The summed E-state index contributed by atoms with van der Waals surface area (Å²) in [6.07, 6.45) is 0.0167. The molecule has 0 radical (unpaired) electrons. The summed E-state index contributed by atoms with van der Waals surface area (Å²) < 4.78 is 4.90. The van der Waals surface area contributed by atoms with Crippen LogP contribution in [0.1, 0.15) is 23.7 Å². The van der Waals surface area contributed by atoms with Crippen molar-refractivity contribution in [1.29, 1.82) is 0 Å². The molecule has 1 aromatic carbocycles. The standard InChI is InChI=1S/C14H19NO4/c1-2-19-14(18)12(15-8-9-16)10-13(17)11-6-4-3-5-7-11/h3-7,12,15-16H,2,8-10H2,1H3. The molecule has 1 rings (SSSR count). The third kappa shape index (κ3) is 5.19. The van der Waals surface area contributed by atoms with Gasteiger partial charge in [-0.05, 0) is 6.92 Å². The van der Waals surface area contributed by atoms with E-state index in [1.54, 1.807) is 31.2 Å². The maximum Gasteiger partial charge on any atom is 0.323 e. The summed E-state index contributed by atoms with van der Waals surface area (Å²) in [7, 11) is 0. The highest BCUT2D eigenvalue weighted by atomic mass is 16.5. The molecule has 2 N–H and O–H groups in total. The minimum Gasteiger partial charge on any atom is -0.465 e. The number of ketones is 1. The Morgan fingerprint density at radius 1 is 1.32 bits per heavy atom. The van der Waals surface area contributed by atoms with E-state index in [9.17, 15) is 9.59 Å². The second-order valence-corrected chi connectivity index (χ2v) is 3.98. The smallest absolute Gasteiger partial charge is 0.323 e. The molecule has 0 aliphatic carbocycles. The van der Waals surface area contributed by atoms with E-state index in [2.05, 4.69) is 5.32 Å². The summed E-state index contributed by atoms with van der Waals surface area (Å²) in [4.78, 5) is 23.7. The van der Waals surface area contributed by atoms with Gasteiger partial charge in [-0.1, -0.05) is 30.3 Å². The molecule has 0 bridgehead atoms. The van der Waals surface area contributed by atoms with Crippen LogP contribution >= 0.6 is 0 Å². The molecule has 1 unspecified atom stereocenters. The summed E-state index contributed by atoms with van der Waals surface area (Å²) in [6, 6.07) is 8.05. The highest BCUT2D eigenvalue weighted by Gasteiger charge is 2.22. The van der Waals surface area contributed by atoms with Gasteiger partial charge < -0.3 is 15.2 Å². The number of esters is 1. The third-order valence-corrected chi connectivity index (χ3v) is 2.56. The quantitative estimate of drug-likeness (QED) is 0.536. The Bertz CT molecular complexity index is 405. The number of nitrogens with one attached hydrogen (secondary N) is 1. The Hall–Kier alpha value is -1.72. The minimum absolute atomic E-state index is 0.0167. The lowest BCUT2D eigenvalue weighted by Gasteiger charge is -2.16. The minimum atomic E-state index is -0.722. The fourth-order valence-corrected chi connectivity index (χ4v) is 1.65. The van der Waals surface area contributed by atoms with Crippen molar-refractivity contribution >= 4 is 11.8 Å². The maximum absolute atomic E-state index is 12.0. The average molecular weight is 265 g/mol. The molecule has 104 valence electrons. The van der Waals surface area contributed by atoms with Crippen molar-refractivity contribution in [2.24, 2.45) is 0 Å². The van der Waals surface area contributed by atoms with Crippen LogP contribution in [0, 0.1) is 0 Å². The van der Waals surface area contributed by atoms with Crippen molar-refractivity contribution in [2.45, 2.75) is 19.4 Å². The number of aliphatic hydroxyl groups excluding tert-OH is 1. The second kappa shape index (κ2) is 8.39. The lowest BCUT2D eigenvalue weighted by atomic mass is 10.0. The summed E-state index contributed by atoms with van der Waals surface area (Å²) in [5, 5.41) is 11.6. The molecule has 0 aliphatic heterocycles. The predicted octanol–water partition coefficient (Wildman–Crippen LogP) is 0.773. The molecular weight excluding hydrogens is 246 g/mol. The van der Waals surface area contributed by atoms with Gasteiger partial charge in [-0.2, -0.15) is 0 Å². The molecule has 0 saturated heterocycles. The van der Waals surface area contributed by atoms with E-state index in [4.69, 9.17) is 9.84 Å². The number of ether oxygens (including phenoxy) is 1. The van der Waals surface area contributed by atoms with E-state index >= 15 is 0 Å². The molecule has 5 heteroatoms. The molecule has 0 spiro atoms. The van der Waals surface area contributed by atoms with Crippen molar-refractivity contribution in [3.63, 3.8) is 0 Å². The number of aliphatic hydroxyl groups is 1. The van der Waals surface area contributed by atoms with Gasteiger partial charge >= 0.3 is 5.97 Å². The normalized spacial score (nSPS) is 11.9. The largest absolute Gasteiger partial charge is 0.465 e. The first kappa shape index (κ1) is 15.3. The van der Waals surface area contributed by atoms with E-state index in [1.807, 2.05) is 6.07 Å². The molecule has 1 aromatic rings. The molecule has 1 atom stereocenters. The van der Waals surface area contributed by atoms with Gasteiger partial charge in [0.05, 0.1) is 13.2 Å². The van der Waals surface area contributed by atoms with Crippen LogP contribution in [0.15, 0.2) is 30.3 Å². The van der Waals surface area contributed by atoms with E-state index in [-0.39, 0.29) is 32.0 Å². The van der Waals surface area contributed by atoms with Crippen LogP contribution in [0.5, 0.6) is 0 Å². The van der Waals surface area contributed by atoms with Crippen LogP contribution in [0.3, 0.4) is 0 Å². The van der Waals surface area contributed by atoms with Gasteiger partial charge in [-0.3, -0.25) is 9.59 Å².